The molecule has 0 saturated carbocycles. The van der Waals surface area contributed by atoms with E-state index in [0.29, 0.717) is 28.8 Å². The number of para-hydroxylation sites is 2. The quantitative estimate of drug-likeness (QED) is 0.797. The van der Waals surface area contributed by atoms with Crippen LogP contribution in [0.15, 0.2) is 51.8 Å². The highest BCUT2D eigenvalue weighted by molar-refractivity contribution is 9.10. The lowest BCUT2D eigenvalue weighted by Gasteiger charge is -2.20. The van der Waals surface area contributed by atoms with Gasteiger partial charge in [-0.1, -0.05) is 28.1 Å². The highest BCUT2D eigenvalue weighted by atomic mass is 79.9. The van der Waals surface area contributed by atoms with Gasteiger partial charge in [0.1, 0.15) is 10.6 Å². The number of nitrogens with one attached hydrogen (secondary N) is 1. The Kier molecular flexibility index (Phi) is 5.01. The smallest absolute Gasteiger partial charge is 0.265 e. The van der Waals surface area contributed by atoms with E-state index in [9.17, 15) is 13.2 Å². The Hall–Kier alpha value is -2.06. The number of anilines is 2. The van der Waals surface area contributed by atoms with Gasteiger partial charge in [0.05, 0.1) is 18.5 Å². The van der Waals surface area contributed by atoms with Crippen molar-refractivity contribution >= 4 is 43.2 Å². The summed E-state index contributed by atoms with van der Waals surface area (Å²) in [6.45, 7) is 0.581. The van der Waals surface area contributed by atoms with E-state index in [1.807, 2.05) is 0 Å². The van der Waals surface area contributed by atoms with Gasteiger partial charge in [-0.25, -0.2) is 8.42 Å². The van der Waals surface area contributed by atoms with Crippen molar-refractivity contribution in [1.29, 1.82) is 0 Å². The maximum atomic E-state index is 12.9. The van der Waals surface area contributed by atoms with Crippen molar-refractivity contribution < 1.29 is 17.9 Å². The fourth-order valence-corrected chi connectivity index (χ4v) is 4.54. The third-order valence-corrected chi connectivity index (χ3v) is 5.81. The standard InChI is InChI=1S/C17H17BrN2O4S/c1-24-15-9-8-12(18)11-16(15)25(22,23)19-13-5-2-3-6-14(13)20-10-4-7-17(20)21/h2-3,5-6,8-9,11,19H,4,7,10H2,1H3. The average Bonchev–Trinajstić information content (AvgIpc) is 3.01. The van der Waals surface area contributed by atoms with Crippen LogP contribution in [0.25, 0.3) is 0 Å². The first kappa shape index (κ1) is 17.8. The molecule has 1 amide bonds. The van der Waals surface area contributed by atoms with Crippen LogP contribution in [0.2, 0.25) is 0 Å². The Labute approximate surface area is 155 Å². The van der Waals surface area contributed by atoms with Gasteiger partial charge in [-0.15, -0.1) is 0 Å². The van der Waals surface area contributed by atoms with E-state index in [4.69, 9.17) is 4.74 Å². The molecule has 0 aliphatic carbocycles. The molecule has 0 unspecified atom stereocenters. The first-order valence-corrected chi connectivity index (χ1v) is 9.96. The molecule has 1 N–H and O–H groups in total. The number of sulfonamides is 1. The van der Waals surface area contributed by atoms with E-state index in [0.717, 1.165) is 6.42 Å². The molecule has 3 rings (SSSR count). The monoisotopic (exact) mass is 424 g/mol. The summed E-state index contributed by atoms with van der Waals surface area (Å²) in [5.41, 5.74) is 0.919. The van der Waals surface area contributed by atoms with Crippen LogP contribution in [-0.2, 0) is 14.8 Å². The number of ether oxygens (including phenoxy) is 1. The maximum Gasteiger partial charge on any atom is 0.265 e. The van der Waals surface area contributed by atoms with Gasteiger partial charge in [0, 0.05) is 17.4 Å². The zero-order valence-corrected chi connectivity index (χ0v) is 15.9. The fraction of sp³-hybridized carbons (Fsp3) is 0.235. The molecule has 1 aliphatic rings. The van der Waals surface area contributed by atoms with Crippen molar-refractivity contribution in [3.05, 3.63) is 46.9 Å². The normalized spacial score (nSPS) is 14.6. The van der Waals surface area contributed by atoms with Gasteiger partial charge in [0.15, 0.2) is 0 Å². The maximum absolute atomic E-state index is 12.9. The largest absolute Gasteiger partial charge is 0.495 e. The number of hydrogen-bond acceptors (Lipinski definition) is 4. The van der Waals surface area contributed by atoms with Gasteiger partial charge in [0.25, 0.3) is 10.0 Å². The summed E-state index contributed by atoms with van der Waals surface area (Å²) in [4.78, 5) is 13.7. The Bertz CT molecular complexity index is 915. The summed E-state index contributed by atoms with van der Waals surface area (Å²) in [5.74, 6) is 0.233. The van der Waals surface area contributed by atoms with Crippen LogP contribution in [0.1, 0.15) is 12.8 Å². The lowest BCUT2D eigenvalue weighted by Crippen LogP contribution is -2.25. The second-order valence-electron chi connectivity index (χ2n) is 5.57. The molecule has 0 aromatic heterocycles. The molecule has 25 heavy (non-hydrogen) atoms. The second-order valence-corrected chi connectivity index (χ2v) is 8.13. The number of rotatable bonds is 5. The van der Waals surface area contributed by atoms with Crippen LogP contribution >= 0.6 is 15.9 Å². The molecule has 8 heteroatoms. The van der Waals surface area contributed by atoms with Gasteiger partial charge in [-0.3, -0.25) is 9.52 Å². The Morgan fingerprint density at radius 3 is 2.64 bits per heavy atom. The zero-order valence-electron chi connectivity index (χ0n) is 13.5. The third kappa shape index (κ3) is 3.64. The molecule has 0 radical (unpaired) electrons. The van der Waals surface area contributed by atoms with Gasteiger partial charge in [0.2, 0.25) is 5.91 Å². The number of nitrogens with zero attached hydrogens (tertiary/aromatic N) is 1. The molecule has 2 aromatic carbocycles. The molecule has 1 heterocycles. The highest BCUT2D eigenvalue weighted by Crippen LogP contribution is 2.33. The minimum atomic E-state index is -3.89. The molecule has 1 fully saturated rings. The van der Waals surface area contributed by atoms with Gasteiger partial charge < -0.3 is 9.64 Å². The van der Waals surface area contributed by atoms with Crippen LogP contribution < -0.4 is 14.4 Å². The van der Waals surface area contributed by atoms with Crippen LogP contribution in [-0.4, -0.2) is 28.0 Å². The molecule has 0 atom stereocenters. The molecule has 2 aromatic rings. The topological polar surface area (TPSA) is 75.7 Å². The van der Waals surface area contributed by atoms with Crippen molar-refractivity contribution in [2.24, 2.45) is 0 Å². The molecule has 1 aliphatic heterocycles. The van der Waals surface area contributed by atoms with Crippen LogP contribution in [0.4, 0.5) is 11.4 Å². The summed E-state index contributed by atoms with van der Waals surface area (Å²) in [5, 5.41) is 0. The Balaban J connectivity index is 2.00. The summed E-state index contributed by atoms with van der Waals surface area (Å²) in [6, 6.07) is 11.6. The molecule has 0 spiro atoms. The Morgan fingerprint density at radius 2 is 1.96 bits per heavy atom. The summed E-state index contributed by atoms with van der Waals surface area (Å²) < 4.78 is 34.1. The van der Waals surface area contributed by atoms with Gasteiger partial charge in [-0.2, -0.15) is 0 Å². The minimum Gasteiger partial charge on any atom is -0.495 e. The van der Waals surface area contributed by atoms with Crippen LogP contribution in [0.5, 0.6) is 5.75 Å². The number of carbonyl (C=O) groups excluding carboxylic acids is 1. The predicted molar refractivity (Wildman–Crippen MR) is 99.5 cm³/mol. The highest BCUT2D eigenvalue weighted by Gasteiger charge is 2.26. The summed E-state index contributed by atoms with van der Waals surface area (Å²) in [7, 11) is -2.48. The lowest BCUT2D eigenvalue weighted by atomic mass is 10.2. The fourth-order valence-electron chi connectivity index (χ4n) is 2.76. The van der Waals surface area contributed by atoms with Gasteiger partial charge >= 0.3 is 0 Å². The van der Waals surface area contributed by atoms with E-state index < -0.39 is 10.0 Å². The van der Waals surface area contributed by atoms with E-state index in [-0.39, 0.29) is 16.6 Å². The lowest BCUT2D eigenvalue weighted by molar-refractivity contribution is -0.117. The van der Waals surface area contributed by atoms with E-state index in [1.54, 1.807) is 41.3 Å². The second kappa shape index (κ2) is 7.05. The molecule has 132 valence electrons. The molecular formula is C17H17BrN2O4S. The van der Waals surface area contributed by atoms with Gasteiger partial charge in [-0.05, 0) is 36.8 Å². The zero-order chi connectivity index (χ0) is 18.0. The number of hydrogen-bond donors (Lipinski definition) is 1. The molecule has 1 saturated heterocycles. The number of amides is 1. The van der Waals surface area contributed by atoms with Crippen molar-refractivity contribution in [2.75, 3.05) is 23.3 Å². The number of halogens is 1. The van der Waals surface area contributed by atoms with E-state index in [2.05, 4.69) is 20.7 Å². The first-order valence-electron chi connectivity index (χ1n) is 7.68. The average molecular weight is 425 g/mol. The third-order valence-electron chi connectivity index (χ3n) is 3.93. The number of benzene rings is 2. The van der Waals surface area contributed by atoms with Crippen LogP contribution in [0.3, 0.4) is 0 Å². The summed E-state index contributed by atoms with van der Waals surface area (Å²) >= 11 is 3.28. The predicted octanol–water partition coefficient (Wildman–Crippen LogP) is 3.39. The minimum absolute atomic E-state index is 0.00770. The first-order chi connectivity index (χ1) is 11.9. The van der Waals surface area contributed by atoms with Crippen molar-refractivity contribution in [1.82, 2.24) is 0 Å². The molecule has 0 bridgehead atoms. The van der Waals surface area contributed by atoms with E-state index in [1.165, 1.54) is 13.2 Å². The SMILES string of the molecule is COc1ccc(Br)cc1S(=O)(=O)Nc1ccccc1N1CCCC1=O. The van der Waals surface area contributed by atoms with Crippen molar-refractivity contribution in [3.8, 4) is 5.75 Å². The molecule has 6 nitrogen and oxygen atoms in total. The Morgan fingerprint density at radius 1 is 1.20 bits per heavy atom. The van der Waals surface area contributed by atoms with E-state index >= 15 is 0 Å². The van der Waals surface area contributed by atoms with Crippen LogP contribution in [0, 0.1) is 0 Å². The number of methoxy groups -OCH3 is 1. The van der Waals surface area contributed by atoms with Crippen molar-refractivity contribution in [3.63, 3.8) is 0 Å². The molecular weight excluding hydrogens is 408 g/mol. The number of carbonyl (C=O) groups is 1. The van der Waals surface area contributed by atoms with Crippen molar-refractivity contribution in [2.45, 2.75) is 17.7 Å². The summed E-state index contributed by atoms with van der Waals surface area (Å²) in [6.07, 6.45) is 1.24.